The van der Waals surface area contributed by atoms with Gasteiger partial charge in [0.1, 0.15) is 5.82 Å². The van der Waals surface area contributed by atoms with Crippen molar-refractivity contribution in [3.63, 3.8) is 0 Å². The molecule has 2 aliphatic rings. The zero-order chi connectivity index (χ0) is 14.3. The van der Waals surface area contributed by atoms with Crippen LogP contribution in [0.5, 0.6) is 0 Å². The largest absolute Gasteiger partial charge is 0.416 e. The lowest BCUT2D eigenvalue weighted by atomic mass is 9.84. The lowest BCUT2D eigenvalue weighted by molar-refractivity contribution is -0.137. The Bertz CT molecular complexity index is 486. The highest BCUT2D eigenvalue weighted by atomic mass is 19.4. The third-order valence-electron chi connectivity index (χ3n) is 4.90. The van der Waals surface area contributed by atoms with E-state index in [0.717, 1.165) is 24.0 Å². The van der Waals surface area contributed by atoms with E-state index in [1.807, 2.05) is 0 Å². The molecule has 2 fully saturated rings. The van der Waals surface area contributed by atoms with Crippen LogP contribution in [0, 0.1) is 17.8 Å². The Labute approximate surface area is 116 Å². The summed E-state index contributed by atoms with van der Waals surface area (Å²) < 4.78 is 38.0. The molecule has 0 spiro atoms. The van der Waals surface area contributed by atoms with Gasteiger partial charge < -0.3 is 5.32 Å². The molecular weight excluding hydrogens is 265 g/mol. The number of halogens is 3. The van der Waals surface area contributed by atoms with E-state index in [1.165, 1.54) is 31.9 Å². The molecule has 4 unspecified atom stereocenters. The number of aromatic nitrogens is 1. The highest BCUT2D eigenvalue weighted by Crippen LogP contribution is 2.49. The molecule has 2 nitrogen and oxygen atoms in total. The SMILES string of the molecule is CC(Nc1cc(C(F)(F)F)ccn1)C1CC2CCC1C2. The number of fused-ring (bicyclic) bond motifs is 2. The first-order valence-electron chi connectivity index (χ1n) is 7.23. The molecule has 110 valence electrons. The van der Waals surface area contributed by atoms with E-state index in [4.69, 9.17) is 0 Å². The van der Waals surface area contributed by atoms with Crippen LogP contribution in [-0.4, -0.2) is 11.0 Å². The number of hydrogen-bond donors (Lipinski definition) is 1. The van der Waals surface area contributed by atoms with E-state index in [9.17, 15) is 13.2 Å². The van der Waals surface area contributed by atoms with Gasteiger partial charge in [-0.3, -0.25) is 0 Å². The molecule has 3 rings (SSSR count). The molecule has 4 atom stereocenters. The Morgan fingerprint density at radius 3 is 2.70 bits per heavy atom. The zero-order valence-electron chi connectivity index (χ0n) is 11.5. The first-order valence-corrected chi connectivity index (χ1v) is 7.23. The van der Waals surface area contributed by atoms with Gasteiger partial charge in [-0.25, -0.2) is 4.98 Å². The van der Waals surface area contributed by atoms with Gasteiger partial charge in [0.2, 0.25) is 0 Å². The first kappa shape index (κ1) is 13.7. The van der Waals surface area contributed by atoms with Crippen molar-refractivity contribution in [3.8, 4) is 0 Å². The van der Waals surface area contributed by atoms with Crippen molar-refractivity contribution in [2.45, 2.75) is 44.8 Å². The molecule has 2 aliphatic carbocycles. The van der Waals surface area contributed by atoms with Crippen LogP contribution in [0.4, 0.5) is 19.0 Å². The molecule has 0 aliphatic heterocycles. The average Bonchev–Trinajstić information content (AvgIpc) is 3.00. The van der Waals surface area contributed by atoms with Crippen molar-refractivity contribution in [1.82, 2.24) is 4.98 Å². The van der Waals surface area contributed by atoms with Crippen LogP contribution in [0.2, 0.25) is 0 Å². The van der Waals surface area contributed by atoms with Gasteiger partial charge in [0.15, 0.2) is 0 Å². The molecule has 5 heteroatoms. The maximum Gasteiger partial charge on any atom is 0.416 e. The molecule has 1 N–H and O–H groups in total. The van der Waals surface area contributed by atoms with Crippen molar-refractivity contribution >= 4 is 5.82 Å². The minimum absolute atomic E-state index is 0.182. The standard InChI is InChI=1S/C15H19F3N2/c1-9(13-7-10-2-3-11(13)6-10)20-14-8-12(4-5-19-14)15(16,17)18/h4-5,8-11,13H,2-3,6-7H2,1H3,(H,19,20). The summed E-state index contributed by atoms with van der Waals surface area (Å²) in [6.45, 7) is 2.06. The van der Waals surface area contributed by atoms with E-state index < -0.39 is 11.7 Å². The maximum absolute atomic E-state index is 12.7. The van der Waals surface area contributed by atoms with Crippen LogP contribution in [0.25, 0.3) is 0 Å². The summed E-state index contributed by atoms with van der Waals surface area (Å²) in [6, 6.07) is 2.29. The smallest absolute Gasteiger partial charge is 0.367 e. The van der Waals surface area contributed by atoms with Crippen LogP contribution >= 0.6 is 0 Å². The van der Waals surface area contributed by atoms with Gasteiger partial charge in [0.05, 0.1) is 5.56 Å². The summed E-state index contributed by atoms with van der Waals surface area (Å²) >= 11 is 0. The van der Waals surface area contributed by atoms with Crippen LogP contribution in [0.1, 0.15) is 38.2 Å². The second-order valence-electron chi connectivity index (χ2n) is 6.20. The lowest BCUT2D eigenvalue weighted by Gasteiger charge is -2.29. The second-order valence-corrected chi connectivity index (χ2v) is 6.20. The Morgan fingerprint density at radius 2 is 2.10 bits per heavy atom. The Hall–Kier alpha value is -1.26. The quantitative estimate of drug-likeness (QED) is 0.893. The number of anilines is 1. The molecular formula is C15H19F3N2. The molecule has 0 amide bonds. The highest BCUT2D eigenvalue weighted by Gasteiger charge is 2.42. The third kappa shape index (κ3) is 2.63. The van der Waals surface area contributed by atoms with Crippen LogP contribution in [-0.2, 0) is 6.18 Å². The Morgan fingerprint density at radius 1 is 1.30 bits per heavy atom. The minimum atomic E-state index is -4.31. The molecule has 1 heterocycles. The minimum Gasteiger partial charge on any atom is -0.367 e. The fraction of sp³-hybridized carbons (Fsp3) is 0.667. The predicted octanol–water partition coefficient (Wildman–Crippen LogP) is 4.34. The summed E-state index contributed by atoms with van der Waals surface area (Å²) in [5.74, 6) is 2.48. The van der Waals surface area contributed by atoms with E-state index in [0.29, 0.717) is 11.7 Å². The van der Waals surface area contributed by atoms with Gasteiger partial charge in [0, 0.05) is 12.2 Å². The van der Waals surface area contributed by atoms with Crippen LogP contribution in [0.15, 0.2) is 18.3 Å². The fourth-order valence-electron chi connectivity index (χ4n) is 3.93. The van der Waals surface area contributed by atoms with Crippen LogP contribution < -0.4 is 5.32 Å². The lowest BCUT2D eigenvalue weighted by Crippen LogP contribution is -2.30. The maximum atomic E-state index is 12.7. The van der Waals surface area contributed by atoms with Gasteiger partial charge in [-0.1, -0.05) is 6.42 Å². The first-order chi connectivity index (χ1) is 9.43. The number of nitrogens with one attached hydrogen (secondary N) is 1. The summed E-state index contributed by atoms with van der Waals surface area (Å²) in [4.78, 5) is 4.02. The number of alkyl halides is 3. The average molecular weight is 284 g/mol. The molecule has 2 bridgehead atoms. The highest BCUT2D eigenvalue weighted by molar-refractivity contribution is 5.39. The monoisotopic (exact) mass is 284 g/mol. The summed E-state index contributed by atoms with van der Waals surface area (Å²) in [6.07, 6.45) is 2.02. The van der Waals surface area contributed by atoms with Crippen molar-refractivity contribution in [1.29, 1.82) is 0 Å². The third-order valence-corrected chi connectivity index (χ3v) is 4.90. The molecule has 2 saturated carbocycles. The van der Waals surface area contributed by atoms with Crippen molar-refractivity contribution < 1.29 is 13.2 Å². The van der Waals surface area contributed by atoms with E-state index in [1.54, 1.807) is 0 Å². The molecule has 0 saturated heterocycles. The normalized spacial score (nSPS) is 30.5. The van der Waals surface area contributed by atoms with Crippen molar-refractivity contribution in [2.24, 2.45) is 17.8 Å². The van der Waals surface area contributed by atoms with E-state index in [2.05, 4.69) is 17.2 Å². The summed E-state index contributed by atoms with van der Waals surface area (Å²) in [5, 5.41) is 3.17. The number of nitrogens with zero attached hydrogens (tertiary/aromatic N) is 1. The van der Waals surface area contributed by atoms with Crippen LogP contribution in [0.3, 0.4) is 0 Å². The van der Waals surface area contributed by atoms with Gasteiger partial charge in [0.25, 0.3) is 0 Å². The van der Waals surface area contributed by atoms with Gasteiger partial charge in [-0.05, 0) is 56.1 Å². The molecule has 20 heavy (non-hydrogen) atoms. The van der Waals surface area contributed by atoms with Gasteiger partial charge in [-0.2, -0.15) is 13.2 Å². The van der Waals surface area contributed by atoms with Crippen molar-refractivity contribution in [2.75, 3.05) is 5.32 Å². The number of hydrogen-bond acceptors (Lipinski definition) is 2. The molecule has 0 radical (unpaired) electrons. The number of pyridine rings is 1. The predicted molar refractivity (Wildman–Crippen MR) is 71.3 cm³/mol. The van der Waals surface area contributed by atoms with Gasteiger partial charge in [-0.15, -0.1) is 0 Å². The second kappa shape index (κ2) is 4.93. The van der Waals surface area contributed by atoms with E-state index in [-0.39, 0.29) is 6.04 Å². The van der Waals surface area contributed by atoms with Crippen molar-refractivity contribution in [3.05, 3.63) is 23.9 Å². The fourth-order valence-corrected chi connectivity index (χ4v) is 3.93. The molecule has 1 aromatic heterocycles. The molecule has 0 aromatic carbocycles. The zero-order valence-corrected chi connectivity index (χ0v) is 11.5. The molecule has 1 aromatic rings. The Kier molecular flexibility index (Phi) is 3.38. The summed E-state index contributed by atoms with van der Waals surface area (Å²) in [5.41, 5.74) is -0.643. The summed E-state index contributed by atoms with van der Waals surface area (Å²) in [7, 11) is 0. The Balaban J connectivity index is 1.68. The number of rotatable bonds is 3. The van der Waals surface area contributed by atoms with E-state index >= 15 is 0 Å². The topological polar surface area (TPSA) is 24.9 Å². The van der Waals surface area contributed by atoms with Gasteiger partial charge >= 0.3 is 6.18 Å².